The van der Waals surface area contributed by atoms with Crippen LogP contribution in [0.1, 0.15) is 25.3 Å². The number of nitrogens with two attached hydrogens (primary N) is 1. The quantitative estimate of drug-likeness (QED) is 0.355. The van der Waals surface area contributed by atoms with E-state index in [0.29, 0.717) is 26.0 Å². The molecule has 2 heterocycles. The third-order valence-electron chi connectivity index (χ3n) is 5.10. The largest absolute Gasteiger partial charge is 0.385 e. The van der Waals surface area contributed by atoms with Crippen LogP contribution in [0.2, 0.25) is 0 Å². The Morgan fingerprint density at radius 3 is 2.61 bits per heavy atom. The van der Waals surface area contributed by atoms with Gasteiger partial charge in [0, 0.05) is 33.1 Å². The summed E-state index contributed by atoms with van der Waals surface area (Å²) in [6.45, 7) is 2.75. The summed E-state index contributed by atoms with van der Waals surface area (Å²) in [5.74, 6) is -0.114. The van der Waals surface area contributed by atoms with Crippen molar-refractivity contribution < 1.29 is 13.7 Å². The highest BCUT2D eigenvalue weighted by atomic mass is 32.2. The average Bonchev–Trinajstić information content (AvgIpc) is 3.06. The van der Waals surface area contributed by atoms with E-state index in [0.717, 1.165) is 10.1 Å². The predicted molar refractivity (Wildman–Crippen MR) is 126 cm³/mol. The first-order valence-corrected chi connectivity index (χ1v) is 12.3. The molecule has 3 rings (SSSR count). The van der Waals surface area contributed by atoms with Crippen LogP contribution in [0.25, 0.3) is 11.2 Å². The van der Waals surface area contributed by atoms with Gasteiger partial charge in [0.15, 0.2) is 11.5 Å². The normalized spacial score (nSPS) is 13.2. The van der Waals surface area contributed by atoms with E-state index in [9.17, 15) is 13.8 Å². The van der Waals surface area contributed by atoms with Crippen molar-refractivity contribution in [2.45, 2.75) is 31.5 Å². The van der Waals surface area contributed by atoms with Crippen molar-refractivity contribution in [3.8, 4) is 0 Å². The molecule has 0 aliphatic rings. The van der Waals surface area contributed by atoms with Gasteiger partial charge >= 0.3 is 11.7 Å². The lowest BCUT2D eigenvalue weighted by Crippen LogP contribution is -2.39. The highest BCUT2D eigenvalue weighted by Crippen LogP contribution is 2.22. The number of nitrogens with zero attached hydrogens (tertiary/aromatic N) is 5. The van der Waals surface area contributed by atoms with E-state index in [1.54, 1.807) is 21.1 Å². The second kappa shape index (κ2) is 10.1. The number of carbonyl (C=O) groups excluding carboxylic acids is 1. The lowest BCUT2D eigenvalue weighted by atomic mass is 10.2. The zero-order valence-electron chi connectivity index (χ0n) is 19.0. The molecule has 0 spiro atoms. The molecular formula is C21H29N7O4S. The van der Waals surface area contributed by atoms with Crippen molar-refractivity contribution in [2.75, 3.05) is 38.8 Å². The van der Waals surface area contributed by atoms with Crippen LogP contribution < -0.4 is 11.4 Å². The number of amides is 1. The van der Waals surface area contributed by atoms with Crippen molar-refractivity contribution in [1.82, 2.24) is 24.0 Å². The molecule has 0 radical (unpaired) electrons. The number of imidazole rings is 1. The molecule has 3 aromatic rings. The van der Waals surface area contributed by atoms with Crippen LogP contribution in [0.3, 0.4) is 0 Å². The number of nitrogens with one attached hydrogen (secondary N) is 1. The Bertz CT molecular complexity index is 1300. The number of ether oxygens (including phenoxy) is 1. The number of anilines is 1. The third kappa shape index (κ3) is 5.06. The smallest absolute Gasteiger partial charge is 0.339 e. The van der Waals surface area contributed by atoms with E-state index in [2.05, 4.69) is 9.97 Å². The molecule has 1 unspecified atom stereocenters. The maximum absolute atomic E-state index is 13.4. The molecule has 0 saturated carbocycles. The maximum atomic E-state index is 13.4. The van der Waals surface area contributed by atoms with Gasteiger partial charge in [-0.2, -0.15) is 4.98 Å². The fourth-order valence-electron chi connectivity index (χ4n) is 3.47. The number of benzene rings is 1. The molecule has 11 nitrogen and oxygen atoms in total. The van der Waals surface area contributed by atoms with E-state index in [4.69, 9.17) is 15.3 Å². The molecule has 12 heteroatoms. The highest BCUT2D eigenvalue weighted by molar-refractivity contribution is 7.92. The van der Waals surface area contributed by atoms with Crippen molar-refractivity contribution in [1.29, 1.82) is 4.78 Å². The number of aromatic nitrogens is 4. The summed E-state index contributed by atoms with van der Waals surface area (Å²) in [6, 6.07) is 8.61. The first kappa shape index (κ1) is 24.4. The van der Waals surface area contributed by atoms with Crippen LogP contribution in [-0.4, -0.2) is 67.3 Å². The lowest BCUT2D eigenvalue weighted by molar-refractivity contribution is 0.176. The molecule has 0 aliphatic heterocycles. The molecule has 1 amide bonds. The van der Waals surface area contributed by atoms with Crippen molar-refractivity contribution in [3.05, 3.63) is 46.4 Å². The molecule has 178 valence electrons. The second-order valence-electron chi connectivity index (χ2n) is 7.68. The highest BCUT2D eigenvalue weighted by Gasteiger charge is 2.27. The summed E-state index contributed by atoms with van der Waals surface area (Å²) in [5.41, 5.74) is 6.44. The average molecular weight is 476 g/mol. The van der Waals surface area contributed by atoms with Gasteiger partial charge in [-0.25, -0.2) is 28.1 Å². The second-order valence-corrected chi connectivity index (χ2v) is 9.81. The van der Waals surface area contributed by atoms with Gasteiger partial charge in [0.2, 0.25) is 5.16 Å². The van der Waals surface area contributed by atoms with Crippen LogP contribution in [0.4, 0.5) is 10.6 Å². The Morgan fingerprint density at radius 2 is 1.97 bits per heavy atom. The number of carbonyl (C=O) groups is 1. The number of methoxy groups -OCH3 is 1. The van der Waals surface area contributed by atoms with E-state index in [1.165, 1.54) is 9.47 Å². The number of hydrogen-bond acceptors (Lipinski definition) is 8. The summed E-state index contributed by atoms with van der Waals surface area (Å²) in [6.07, 6.45) is 1.08. The molecule has 3 N–H and O–H groups in total. The molecule has 0 aliphatic carbocycles. The summed E-state index contributed by atoms with van der Waals surface area (Å²) < 4.78 is 28.3. The van der Waals surface area contributed by atoms with Gasteiger partial charge in [0.1, 0.15) is 15.2 Å². The van der Waals surface area contributed by atoms with Gasteiger partial charge < -0.3 is 15.4 Å². The van der Waals surface area contributed by atoms with E-state index in [-0.39, 0.29) is 34.4 Å². The molecule has 1 aromatic carbocycles. The zero-order chi connectivity index (χ0) is 24.2. The van der Waals surface area contributed by atoms with Gasteiger partial charge in [0.25, 0.3) is 0 Å². The molecule has 2 aromatic heterocycles. The van der Waals surface area contributed by atoms with Crippen LogP contribution >= 0.6 is 0 Å². The molecule has 0 bridgehead atoms. The number of nitrogen functional groups attached to an aromatic ring is 1. The van der Waals surface area contributed by atoms with Crippen LogP contribution in [0.5, 0.6) is 0 Å². The van der Waals surface area contributed by atoms with E-state index >= 15 is 0 Å². The monoisotopic (exact) mass is 475 g/mol. The molecule has 33 heavy (non-hydrogen) atoms. The predicted octanol–water partition coefficient (Wildman–Crippen LogP) is 1.98. The van der Waals surface area contributed by atoms with Gasteiger partial charge in [-0.1, -0.05) is 37.3 Å². The Kier molecular flexibility index (Phi) is 7.49. The minimum Gasteiger partial charge on any atom is -0.385 e. The number of hydrogen-bond donors (Lipinski definition) is 2. The van der Waals surface area contributed by atoms with Crippen molar-refractivity contribution in [2.24, 2.45) is 0 Å². The Balaban J connectivity index is 2.22. The van der Waals surface area contributed by atoms with Gasteiger partial charge in [-0.05, 0) is 18.4 Å². The maximum Gasteiger partial charge on any atom is 0.339 e. The van der Waals surface area contributed by atoms with Crippen LogP contribution in [-0.2, 0) is 21.0 Å². The van der Waals surface area contributed by atoms with E-state index < -0.39 is 21.4 Å². The fourth-order valence-corrected chi connectivity index (χ4v) is 4.71. The Labute approximate surface area is 192 Å². The summed E-state index contributed by atoms with van der Waals surface area (Å²) in [5, 5.41) is -0.241. The molecular weight excluding hydrogens is 446 g/mol. The Hall–Kier alpha value is -3.25. The zero-order valence-corrected chi connectivity index (χ0v) is 19.8. The van der Waals surface area contributed by atoms with Crippen LogP contribution in [0.15, 0.2) is 40.3 Å². The molecule has 0 saturated heterocycles. The molecule has 1 atom stereocenters. The third-order valence-corrected chi connectivity index (χ3v) is 6.86. The summed E-state index contributed by atoms with van der Waals surface area (Å²) in [4.78, 5) is 36.4. The minimum absolute atomic E-state index is 0.0370. The number of rotatable bonds is 9. The fraction of sp³-hybridized carbons (Fsp3) is 0.429. The topological polar surface area (TPSA) is 149 Å². The standard InChI is InChI=1S/C21H29N7O4S/c1-4-13-33(23,31)19-24-17(22)16-18(25-19)27(14-15-9-6-5-7-10-15)21(30)28(16)20(29)26(2)11-8-12-32-3/h5-7,9-10,23H,4,8,11-14H2,1-3H3,(H2,22,24,25). The molecule has 0 fully saturated rings. The van der Waals surface area contributed by atoms with Gasteiger partial charge in [-0.15, -0.1) is 0 Å². The van der Waals surface area contributed by atoms with Crippen molar-refractivity contribution >= 4 is 32.7 Å². The first-order valence-electron chi connectivity index (χ1n) is 10.5. The SMILES string of the molecule is CCCS(=N)(=O)c1nc(N)c2c(n1)n(Cc1ccccc1)c(=O)n2C(=O)N(C)CCCOC. The first-order chi connectivity index (χ1) is 15.7. The van der Waals surface area contributed by atoms with Crippen molar-refractivity contribution in [3.63, 3.8) is 0 Å². The van der Waals surface area contributed by atoms with Gasteiger partial charge in [0.05, 0.1) is 6.54 Å². The van der Waals surface area contributed by atoms with Gasteiger partial charge in [-0.3, -0.25) is 4.57 Å². The Morgan fingerprint density at radius 1 is 1.27 bits per heavy atom. The minimum atomic E-state index is -3.31. The summed E-state index contributed by atoms with van der Waals surface area (Å²) in [7, 11) is -0.156. The lowest BCUT2D eigenvalue weighted by Gasteiger charge is -2.17. The summed E-state index contributed by atoms with van der Waals surface area (Å²) >= 11 is 0. The van der Waals surface area contributed by atoms with Crippen LogP contribution in [0, 0.1) is 4.78 Å². The number of fused-ring (bicyclic) bond motifs is 1. The van der Waals surface area contributed by atoms with E-state index in [1.807, 2.05) is 30.3 Å².